The van der Waals surface area contributed by atoms with E-state index in [2.05, 4.69) is 178 Å². The Bertz CT molecular complexity index is 2420. The van der Waals surface area contributed by atoms with Crippen LogP contribution in [-0.4, -0.2) is 12.3 Å². The quantitative estimate of drug-likeness (QED) is 0.170. The van der Waals surface area contributed by atoms with Gasteiger partial charge in [-0.2, -0.15) is 0 Å². The highest BCUT2D eigenvalue weighted by Gasteiger charge is 2.61. The van der Waals surface area contributed by atoms with Gasteiger partial charge >= 0.3 is 0 Å². The number of nitrogens with zero attached hydrogens (tertiary/aromatic N) is 3. The molecule has 2 unspecified atom stereocenters. The molecule has 0 aromatic heterocycles. The fourth-order valence-electron chi connectivity index (χ4n) is 10.7. The Morgan fingerprint density at radius 3 is 1.89 bits per heavy atom. The molecule has 3 heterocycles. The van der Waals surface area contributed by atoms with Gasteiger partial charge in [0.1, 0.15) is 0 Å². The molecule has 53 heavy (non-hydrogen) atoms. The molecular weight excluding hydrogens is 641 g/mol. The number of aryl methyl sites for hydroxylation is 5. The monoisotopic (exact) mass is 689 g/mol. The van der Waals surface area contributed by atoms with Crippen LogP contribution in [0.3, 0.4) is 0 Å². The van der Waals surface area contributed by atoms with Gasteiger partial charge in [0.15, 0.2) is 0 Å². The van der Waals surface area contributed by atoms with Gasteiger partial charge in [0.2, 0.25) is 0 Å². The summed E-state index contributed by atoms with van der Waals surface area (Å²) in [6.07, 6.45) is 4.93. The summed E-state index contributed by atoms with van der Waals surface area (Å²) >= 11 is 0. The van der Waals surface area contributed by atoms with Crippen molar-refractivity contribution in [2.45, 2.75) is 85.1 Å². The molecule has 0 radical (unpaired) electrons. The minimum Gasteiger partial charge on any atom is -0.335 e. The van der Waals surface area contributed by atoms with Crippen molar-refractivity contribution in [2.24, 2.45) is 0 Å². The van der Waals surface area contributed by atoms with Crippen LogP contribution in [0.15, 0.2) is 115 Å². The molecule has 6 aromatic carbocycles. The Balaban J connectivity index is 1.36. The standard InChI is InChI=1S/C49H48BN3/c1-31-17-21-36(22-18-31)51(37-23-19-32(2)20-24-37)38-29-43-45-44(30-38)53-47-39(48(6)25-10-11-26-49(48,53)7)27-33(3)28-41(47)50(45)40-15-12-14-35(5)46(40)52(43)42-16-9-8-13-34(42)4/h8-9,12-24,27-30H,10-11,25-26H2,1-7H3. The average molecular weight is 690 g/mol. The van der Waals surface area contributed by atoms with E-state index in [0.29, 0.717) is 0 Å². The smallest absolute Gasteiger partial charge is 0.252 e. The van der Waals surface area contributed by atoms with Crippen LogP contribution in [0.4, 0.5) is 45.5 Å². The maximum Gasteiger partial charge on any atom is 0.252 e. The Morgan fingerprint density at radius 2 is 1.19 bits per heavy atom. The number of para-hydroxylation sites is 2. The number of hydrogen-bond acceptors (Lipinski definition) is 3. The van der Waals surface area contributed by atoms with Gasteiger partial charge in [-0.3, -0.25) is 0 Å². The first-order chi connectivity index (χ1) is 25.6. The molecule has 3 nitrogen and oxygen atoms in total. The van der Waals surface area contributed by atoms with Crippen molar-refractivity contribution in [3.8, 4) is 0 Å². The van der Waals surface area contributed by atoms with Crippen LogP contribution in [0.2, 0.25) is 0 Å². The number of benzene rings is 6. The molecule has 0 N–H and O–H groups in total. The van der Waals surface area contributed by atoms with E-state index in [9.17, 15) is 0 Å². The van der Waals surface area contributed by atoms with Crippen LogP contribution in [-0.2, 0) is 5.41 Å². The first-order valence-corrected chi connectivity index (χ1v) is 19.6. The molecule has 0 saturated heterocycles. The van der Waals surface area contributed by atoms with Crippen molar-refractivity contribution < 1.29 is 0 Å². The van der Waals surface area contributed by atoms with Gasteiger partial charge in [-0.1, -0.05) is 109 Å². The normalized spacial score (nSPS) is 20.5. The number of fused-ring (bicyclic) bond motifs is 7. The Labute approximate surface area is 316 Å². The Hall–Kier alpha value is -5.22. The minimum atomic E-state index is -0.0492. The van der Waals surface area contributed by atoms with E-state index in [4.69, 9.17) is 0 Å². The fourth-order valence-corrected chi connectivity index (χ4v) is 10.7. The summed E-state index contributed by atoms with van der Waals surface area (Å²) in [4.78, 5) is 7.95. The van der Waals surface area contributed by atoms with Gasteiger partial charge in [0.05, 0.1) is 11.2 Å². The van der Waals surface area contributed by atoms with Crippen molar-refractivity contribution in [1.82, 2.24) is 0 Å². The molecule has 2 atom stereocenters. The maximum absolute atomic E-state index is 2.86. The third-order valence-electron chi connectivity index (χ3n) is 13.6. The van der Waals surface area contributed by atoms with Crippen LogP contribution in [0, 0.1) is 34.6 Å². The van der Waals surface area contributed by atoms with Crippen LogP contribution < -0.4 is 31.1 Å². The molecule has 1 aliphatic carbocycles. The van der Waals surface area contributed by atoms with Gasteiger partial charge in [0.25, 0.3) is 6.71 Å². The zero-order chi connectivity index (χ0) is 36.4. The highest BCUT2D eigenvalue weighted by molar-refractivity contribution is 7.00. The fraction of sp³-hybridized carbons (Fsp3) is 0.265. The predicted molar refractivity (Wildman–Crippen MR) is 227 cm³/mol. The molecule has 4 heteroatoms. The van der Waals surface area contributed by atoms with Crippen molar-refractivity contribution in [3.05, 3.63) is 149 Å². The predicted octanol–water partition coefficient (Wildman–Crippen LogP) is 11.1. The number of rotatable bonds is 4. The molecule has 4 aliphatic rings. The second-order valence-corrected chi connectivity index (χ2v) is 16.9. The maximum atomic E-state index is 2.86. The second-order valence-electron chi connectivity index (χ2n) is 16.9. The van der Waals surface area contributed by atoms with Gasteiger partial charge in [-0.25, -0.2) is 0 Å². The molecule has 3 aliphatic heterocycles. The zero-order valence-electron chi connectivity index (χ0n) is 32.2. The molecule has 1 saturated carbocycles. The topological polar surface area (TPSA) is 9.72 Å². The van der Waals surface area contributed by atoms with E-state index in [1.165, 1.54) is 115 Å². The number of anilines is 8. The molecule has 10 rings (SSSR count). The van der Waals surface area contributed by atoms with Crippen LogP contribution in [0.5, 0.6) is 0 Å². The summed E-state index contributed by atoms with van der Waals surface area (Å²) in [6, 6.07) is 44.2. The summed E-state index contributed by atoms with van der Waals surface area (Å²) in [6.45, 7) is 16.5. The lowest BCUT2D eigenvalue weighted by Crippen LogP contribution is -2.64. The molecule has 262 valence electrons. The average Bonchev–Trinajstić information content (AvgIpc) is 3.35. The second kappa shape index (κ2) is 11.4. The first-order valence-electron chi connectivity index (χ1n) is 19.6. The largest absolute Gasteiger partial charge is 0.335 e. The Morgan fingerprint density at radius 1 is 0.547 bits per heavy atom. The summed E-state index contributed by atoms with van der Waals surface area (Å²) in [7, 11) is 0. The first kappa shape index (κ1) is 32.4. The van der Waals surface area contributed by atoms with E-state index in [1.807, 2.05) is 0 Å². The Kier molecular flexibility index (Phi) is 6.97. The highest BCUT2D eigenvalue weighted by Crippen LogP contribution is 2.62. The third-order valence-corrected chi connectivity index (χ3v) is 13.6. The van der Waals surface area contributed by atoms with Gasteiger partial charge in [-0.15, -0.1) is 0 Å². The molecule has 6 aromatic rings. The molecular formula is C49H48BN3. The van der Waals surface area contributed by atoms with Gasteiger partial charge in [-0.05, 0) is 130 Å². The lowest BCUT2D eigenvalue weighted by atomic mass is 9.33. The van der Waals surface area contributed by atoms with E-state index < -0.39 is 0 Å². The third kappa shape index (κ3) is 4.42. The van der Waals surface area contributed by atoms with Crippen molar-refractivity contribution in [2.75, 3.05) is 14.7 Å². The molecule has 0 amide bonds. The highest BCUT2D eigenvalue weighted by atomic mass is 15.3. The lowest BCUT2D eigenvalue weighted by Gasteiger charge is -2.53. The van der Waals surface area contributed by atoms with Crippen molar-refractivity contribution >= 4 is 68.6 Å². The summed E-state index contributed by atoms with van der Waals surface area (Å²) in [5.41, 5.74) is 22.5. The summed E-state index contributed by atoms with van der Waals surface area (Å²) in [5.74, 6) is 0. The zero-order valence-corrected chi connectivity index (χ0v) is 32.2. The van der Waals surface area contributed by atoms with Gasteiger partial charge in [0, 0.05) is 45.2 Å². The van der Waals surface area contributed by atoms with E-state index in [0.717, 1.165) is 0 Å². The summed E-state index contributed by atoms with van der Waals surface area (Å²) < 4.78 is 0. The van der Waals surface area contributed by atoms with Crippen molar-refractivity contribution in [3.63, 3.8) is 0 Å². The lowest BCUT2D eigenvalue weighted by molar-refractivity contribution is 0.195. The molecule has 0 bridgehead atoms. The number of hydrogen-bond donors (Lipinski definition) is 0. The van der Waals surface area contributed by atoms with Gasteiger partial charge < -0.3 is 14.7 Å². The minimum absolute atomic E-state index is 0.0492. The van der Waals surface area contributed by atoms with Crippen LogP contribution in [0.25, 0.3) is 0 Å². The van der Waals surface area contributed by atoms with Crippen LogP contribution in [0.1, 0.15) is 72.9 Å². The SMILES string of the molecule is Cc1ccc(N(c2ccc(C)cc2)c2cc3c4c(c2)N2c5c(cc(C)cc5C5(C)CCCCC25C)B4c2cccc(C)c2N3c2ccccc2C)cc1. The molecule has 0 spiro atoms. The van der Waals surface area contributed by atoms with E-state index in [1.54, 1.807) is 5.56 Å². The van der Waals surface area contributed by atoms with E-state index in [-0.39, 0.29) is 17.7 Å². The van der Waals surface area contributed by atoms with Crippen LogP contribution >= 0.6 is 0 Å². The van der Waals surface area contributed by atoms with E-state index >= 15 is 0 Å². The molecule has 1 fully saturated rings. The van der Waals surface area contributed by atoms with Crippen molar-refractivity contribution in [1.29, 1.82) is 0 Å². The summed E-state index contributed by atoms with van der Waals surface area (Å²) in [5, 5.41) is 0.